The molecule has 0 atom stereocenters. The van der Waals surface area contributed by atoms with Crippen molar-refractivity contribution in [3.05, 3.63) is 63.3 Å². The molecule has 0 radical (unpaired) electrons. The van der Waals surface area contributed by atoms with Gasteiger partial charge in [0.2, 0.25) is 0 Å². The molecular weight excluding hydrogens is 401 g/mol. The zero-order valence-electron chi connectivity index (χ0n) is 15.3. The van der Waals surface area contributed by atoms with Gasteiger partial charge in [-0.2, -0.15) is 0 Å². The lowest BCUT2D eigenvalue weighted by Gasteiger charge is -2.20. The van der Waals surface area contributed by atoms with Gasteiger partial charge in [0.25, 0.3) is 0 Å². The van der Waals surface area contributed by atoms with Crippen LogP contribution in [0.15, 0.2) is 45.3 Å². The number of methoxy groups -OCH3 is 1. The molecule has 0 saturated heterocycles. The van der Waals surface area contributed by atoms with E-state index in [0.29, 0.717) is 38.8 Å². The van der Waals surface area contributed by atoms with Crippen molar-refractivity contribution >= 4 is 23.5 Å². The summed E-state index contributed by atoms with van der Waals surface area (Å²) in [5.74, 6) is 0.693. The largest absolute Gasteiger partial charge is 0.467 e. The molecule has 150 valence electrons. The summed E-state index contributed by atoms with van der Waals surface area (Å²) in [6.45, 7) is 0.427. The third-order valence-corrected chi connectivity index (χ3v) is 5.05. The number of carbonyl (C=O) groups excluding carboxylic acids is 1. The molecule has 1 aromatic carbocycles. The van der Waals surface area contributed by atoms with Crippen molar-refractivity contribution in [2.24, 2.45) is 5.16 Å². The van der Waals surface area contributed by atoms with Crippen LogP contribution in [0.2, 0.25) is 0 Å². The minimum absolute atomic E-state index is 0.0289. The number of halogens is 1. The van der Waals surface area contributed by atoms with E-state index in [1.807, 2.05) is 0 Å². The van der Waals surface area contributed by atoms with Crippen molar-refractivity contribution in [3.8, 4) is 17.1 Å². The Kier molecular flexibility index (Phi) is 5.59. The number of ether oxygens (including phenoxy) is 3. The van der Waals surface area contributed by atoms with E-state index in [2.05, 4.69) is 5.16 Å². The summed E-state index contributed by atoms with van der Waals surface area (Å²) < 4.78 is 34.8. The SMILES string of the molecule is COC(=O)c1sccc1-c1ccc(/C=N\OCc2cc(F)cc3c2OCOC3)o1. The summed E-state index contributed by atoms with van der Waals surface area (Å²) in [4.78, 5) is 17.5. The molecule has 0 aliphatic carbocycles. The highest BCUT2D eigenvalue weighted by Gasteiger charge is 2.18. The van der Waals surface area contributed by atoms with Crippen LogP contribution in [-0.2, 0) is 27.5 Å². The molecule has 9 heteroatoms. The number of fused-ring (bicyclic) bond motifs is 1. The molecule has 3 aromatic rings. The summed E-state index contributed by atoms with van der Waals surface area (Å²) in [5, 5.41) is 5.65. The molecule has 1 aliphatic rings. The lowest BCUT2D eigenvalue weighted by atomic mass is 10.1. The number of hydrogen-bond donors (Lipinski definition) is 0. The van der Waals surface area contributed by atoms with Crippen LogP contribution in [0.4, 0.5) is 4.39 Å². The van der Waals surface area contributed by atoms with Gasteiger partial charge in [-0.1, -0.05) is 5.16 Å². The summed E-state index contributed by atoms with van der Waals surface area (Å²) in [5.41, 5.74) is 1.82. The second-order valence-electron chi connectivity index (χ2n) is 6.03. The van der Waals surface area contributed by atoms with E-state index in [1.165, 1.54) is 36.8 Å². The van der Waals surface area contributed by atoms with Crippen LogP contribution in [0, 0.1) is 5.82 Å². The number of carbonyl (C=O) groups is 1. The van der Waals surface area contributed by atoms with Crippen LogP contribution in [0.3, 0.4) is 0 Å². The third kappa shape index (κ3) is 4.15. The van der Waals surface area contributed by atoms with E-state index < -0.39 is 11.8 Å². The molecule has 0 N–H and O–H groups in total. The fourth-order valence-electron chi connectivity index (χ4n) is 2.88. The van der Waals surface area contributed by atoms with E-state index in [0.717, 1.165) is 0 Å². The maximum atomic E-state index is 13.7. The van der Waals surface area contributed by atoms with Crippen molar-refractivity contribution in [1.82, 2.24) is 0 Å². The molecule has 4 rings (SSSR count). The lowest BCUT2D eigenvalue weighted by Crippen LogP contribution is -2.13. The Bertz CT molecular complexity index is 1060. The summed E-state index contributed by atoms with van der Waals surface area (Å²) in [6, 6.07) is 7.93. The van der Waals surface area contributed by atoms with Gasteiger partial charge in [0, 0.05) is 16.7 Å². The Morgan fingerprint density at radius 3 is 3.10 bits per heavy atom. The van der Waals surface area contributed by atoms with Crippen LogP contribution in [0.25, 0.3) is 11.3 Å². The smallest absolute Gasteiger partial charge is 0.348 e. The minimum Gasteiger partial charge on any atom is -0.467 e. The Balaban J connectivity index is 1.42. The summed E-state index contributed by atoms with van der Waals surface area (Å²) >= 11 is 1.27. The van der Waals surface area contributed by atoms with E-state index >= 15 is 0 Å². The maximum Gasteiger partial charge on any atom is 0.348 e. The first-order valence-corrected chi connectivity index (χ1v) is 9.47. The van der Waals surface area contributed by atoms with E-state index in [4.69, 9.17) is 23.5 Å². The molecule has 0 bridgehead atoms. The standard InChI is InChI=1S/C20H16FNO6S/c1-24-20(23)19-16(4-5-29-19)17-3-2-15(28-17)8-22-27-10-13-7-14(21)6-12-9-25-11-26-18(12)13/h2-8H,9-11H2,1H3/b22-8-. The van der Waals surface area contributed by atoms with Crippen molar-refractivity contribution < 1.29 is 32.7 Å². The minimum atomic E-state index is -0.420. The monoisotopic (exact) mass is 417 g/mol. The van der Waals surface area contributed by atoms with Crippen molar-refractivity contribution in [2.45, 2.75) is 13.2 Å². The van der Waals surface area contributed by atoms with Gasteiger partial charge in [-0.15, -0.1) is 11.3 Å². The van der Waals surface area contributed by atoms with Gasteiger partial charge in [0.15, 0.2) is 6.79 Å². The van der Waals surface area contributed by atoms with Gasteiger partial charge >= 0.3 is 5.97 Å². The maximum absolute atomic E-state index is 13.7. The molecule has 2 aromatic heterocycles. The third-order valence-electron chi connectivity index (χ3n) is 4.15. The van der Waals surface area contributed by atoms with Crippen molar-refractivity contribution in [2.75, 3.05) is 13.9 Å². The van der Waals surface area contributed by atoms with Gasteiger partial charge in [0.1, 0.15) is 40.8 Å². The van der Waals surface area contributed by atoms with Gasteiger partial charge in [-0.25, -0.2) is 9.18 Å². The number of rotatable bonds is 6. The van der Waals surface area contributed by atoms with Gasteiger partial charge in [-0.05, 0) is 35.7 Å². The van der Waals surface area contributed by atoms with Gasteiger partial charge in [-0.3, -0.25) is 0 Å². The highest BCUT2D eigenvalue weighted by atomic mass is 32.1. The topological polar surface area (TPSA) is 79.5 Å². The second-order valence-corrected chi connectivity index (χ2v) is 6.94. The molecular formula is C20H16FNO6S. The zero-order chi connectivity index (χ0) is 20.2. The normalized spacial score (nSPS) is 13.2. The molecule has 0 amide bonds. The molecule has 0 unspecified atom stereocenters. The van der Waals surface area contributed by atoms with Crippen LogP contribution >= 0.6 is 11.3 Å². The molecule has 0 fully saturated rings. The molecule has 3 heterocycles. The van der Waals surface area contributed by atoms with Crippen molar-refractivity contribution in [1.29, 1.82) is 0 Å². The molecule has 7 nitrogen and oxygen atoms in total. The number of esters is 1. The fraction of sp³-hybridized carbons (Fsp3) is 0.200. The van der Waals surface area contributed by atoms with Gasteiger partial charge < -0.3 is 23.5 Å². The Morgan fingerprint density at radius 2 is 2.24 bits per heavy atom. The fourth-order valence-corrected chi connectivity index (χ4v) is 3.70. The number of oxime groups is 1. The average molecular weight is 417 g/mol. The Labute approximate surface area is 169 Å². The van der Waals surface area contributed by atoms with Crippen molar-refractivity contribution in [3.63, 3.8) is 0 Å². The molecule has 0 saturated carbocycles. The Morgan fingerprint density at radius 1 is 1.34 bits per heavy atom. The number of nitrogens with zero attached hydrogens (tertiary/aromatic N) is 1. The average Bonchev–Trinajstić information content (AvgIpc) is 3.39. The molecule has 0 spiro atoms. The number of hydrogen-bond acceptors (Lipinski definition) is 8. The number of thiophene rings is 1. The quantitative estimate of drug-likeness (QED) is 0.337. The van der Waals surface area contributed by atoms with Crippen LogP contribution in [0.1, 0.15) is 26.6 Å². The second kappa shape index (κ2) is 8.46. The Hall–Kier alpha value is -3.17. The van der Waals surface area contributed by atoms with Crippen LogP contribution in [-0.4, -0.2) is 26.1 Å². The van der Waals surface area contributed by atoms with E-state index in [9.17, 15) is 9.18 Å². The first-order valence-electron chi connectivity index (χ1n) is 8.59. The highest BCUT2D eigenvalue weighted by Crippen LogP contribution is 2.31. The zero-order valence-corrected chi connectivity index (χ0v) is 16.2. The molecule has 1 aliphatic heterocycles. The number of benzene rings is 1. The van der Waals surface area contributed by atoms with Gasteiger partial charge in [0.05, 0.1) is 13.7 Å². The van der Waals surface area contributed by atoms with E-state index in [-0.39, 0.29) is 20.0 Å². The first kappa shape index (κ1) is 19.2. The van der Waals surface area contributed by atoms with E-state index in [1.54, 1.807) is 23.6 Å². The summed E-state index contributed by atoms with van der Waals surface area (Å²) in [7, 11) is 1.33. The lowest BCUT2D eigenvalue weighted by molar-refractivity contribution is -0.0186. The van der Waals surface area contributed by atoms with Crippen LogP contribution < -0.4 is 4.74 Å². The highest BCUT2D eigenvalue weighted by molar-refractivity contribution is 7.12. The predicted octanol–water partition coefficient (Wildman–Crippen LogP) is 4.35. The predicted molar refractivity (Wildman–Crippen MR) is 102 cm³/mol. The molecule has 29 heavy (non-hydrogen) atoms. The first-order chi connectivity index (χ1) is 14.2. The van der Waals surface area contributed by atoms with Crippen LogP contribution in [0.5, 0.6) is 5.75 Å². The summed E-state index contributed by atoms with van der Waals surface area (Å²) in [6.07, 6.45) is 1.39. The number of furan rings is 1.